The van der Waals surface area contributed by atoms with Gasteiger partial charge in [-0.2, -0.15) is 0 Å². The van der Waals surface area contributed by atoms with Gasteiger partial charge in [0.2, 0.25) is 0 Å². The number of carbonyl (C=O) groups is 1. The van der Waals surface area contributed by atoms with E-state index in [2.05, 4.69) is 17.5 Å². The normalized spacial score (nSPS) is 5.67. The molecule has 0 aliphatic heterocycles. The van der Waals surface area contributed by atoms with E-state index in [4.69, 9.17) is 9.90 Å². The Bertz CT molecular complexity index is 69.2. The first-order valence-corrected chi connectivity index (χ1v) is 3.83. The zero-order chi connectivity index (χ0) is 6.99. The summed E-state index contributed by atoms with van der Waals surface area (Å²) in [5, 5.41) is 7.49. The van der Waals surface area contributed by atoms with Gasteiger partial charge in [0.05, 0.1) is 0 Å². The minimum atomic E-state index is -1.22. The fourth-order valence-corrected chi connectivity index (χ4v) is 0. The van der Waals surface area contributed by atoms with E-state index in [1.54, 1.807) is 0 Å². The molecule has 4 nitrogen and oxygen atoms in total. The summed E-state index contributed by atoms with van der Waals surface area (Å²) in [6.45, 7) is 0. The summed E-state index contributed by atoms with van der Waals surface area (Å²) < 4.78 is 0. The third-order valence-corrected chi connectivity index (χ3v) is 0.123. The molecular formula is C2H9N2NaO2S2. The second-order valence-electron chi connectivity index (χ2n) is 0.632. The van der Waals surface area contributed by atoms with Crippen molar-refractivity contribution in [2.45, 2.75) is 0 Å². The van der Waals surface area contributed by atoms with Crippen molar-refractivity contribution in [1.82, 2.24) is 5.43 Å². The fourth-order valence-electron chi connectivity index (χ4n) is 0. The third-order valence-electron chi connectivity index (χ3n) is 0.123. The molecule has 0 spiro atoms. The van der Waals surface area contributed by atoms with Crippen LogP contribution in [0.25, 0.3) is 0 Å². The van der Waals surface area contributed by atoms with E-state index in [9.17, 15) is 0 Å². The molecule has 0 bridgehead atoms. The zero-order valence-corrected chi connectivity index (χ0v) is 9.00. The Morgan fingerprint density at radius 1 is 2.00 bits per heavy atom. The van der Waals surface area contributed by atoms with Crippen LogP contribution >= 0.6 is 22.5 Å². The van der Waals surface area contributed by atoms with Crippen LogP contribution in [0.15, 0.2) is 0 Å². The van der Waals surface area contributed by atoms with Gasteiger partial charge in [0.15, 0.2) is 0 Å². The number of nitrogens with two attached hydrogens (primary N) is 1. The first-order valence-electron chi connectivity index (χ1n) is 1.56. The molecule has 0 aliphatic carbocycles. The third kappa shape index (κ3) is 50.0. The standard InChI is InChI=1S/CH4N2O2.CH4S2.Na.H/c2-3-1(4)5;1-3-2;;/h3H,2H2,(H,4,5);2H,1H3;;/q;;+1;-1. The molecule has 0 radical (unpaired) electrons. The average molecular weight is 180 g/mol. The molecule has 0 unspecified atom stereocenters. The second-order valence-corrected chi connectivity index (χ2v) is 2.09. The number of nitrogens with one attached hydrogen (secondary N) is 1. The maximum Gasteiger partial charge on any atom is 1.00 e. The van der Waals surface area contributed by atoms with Gasteiger partial charge in [-0.1, -0.05) is 0 Å². The van der Waals surface area contributed by atoms with Crippen LogP contribution in [-0.4, -0.2) is 17.5 Å². The molecule has 0 aliphatic rings. The van der Waals surface area contributed by atoms with Gasteiger partial charge < -0.3 is 6.53 Å². The van der Waals surface area contributed by atoms with Crippen molar-refractivity contribution in [3.8, 4) is 0 Å². The van der Waals surface area contributed by atoms with E-state index >= 15 is 0 Å². The first kappa shape index (κ1) is 16.5. The molecule has 0 atom stereocenters. The van der Waals surface area contributed by atoms with Crippen molar-refractivity contribution in [2.75, 3.05) is 6.26 Å². The minimum absolute atomic E-state index is 0. The maximum absolute atomic E-state index is 9.13. The van der Waals surface area contributed by atoms with Gasteiger partial charge in [-0.05, 0) is 6.26 Å². The van der Waals surface area contributed by atoms with E-state index < -0.39 is 6.09 Å². The van der Waals surface area contributed by atoms with Gasteiger partial charge in [0.25, 0.3) is 0 Å². The summed E-state index contributed by atoms with van der Waals surface area (Å²) in [4.78, 5) is 9.13. The molecule has 7 heteroatoms. The number of hydrazine groups is 1. The van der Waals surface area contributed by atoms with E-state index in [1.165, 1.54) is 16.2 Å². The largest absolute Gasteiger partial charge is 1.00 e. The van der Waals surface area contributed by atoms with Crippen molar-refractivity contribution in [3.05, 3.63) is 0 Å². The quantitative estimate of drug-likeness (QED) is 0.0826. The molecular weight excluding hydrogens is 171 g/mol. The van der Waals surface area contributed by atoms with Crippen LogP contribution in [0.3, 0.4) is 0 Å². The van der Waals surface area contributed by atoms with Gasteiger partial charge in [-0.3, -0.25) is 5.43 Å². The Hall–Kier alpha value is 0.930. The summed E-state index contributed by atoms with van der Waals surface area (Å²) in [6.07, 6.45) is 0.688. The van der Waals surface area contributed by atoms with E-state index in [0.717, 1.165) is 0 Å². The summed E-state index contributed by atoms with van der Waals surface area (Å²) >= 11 is 3.71. The van der Waals surface area contributed by atoms with Crippen LogP contribution < -0.4 is 40.8 Å². The zero-order valence-electron chi connectivity index (χ0n) is 6.29. The Kier molecular flexibility index (Phi) is 29.3. The molecule has 52 valence electrons. The van der Waals surface area contributed by atoms with Crippen LogP contribution in [0.4, 0.5) is 4.79 Å². The summed E-state index contributed by atoms with van der Waals surface area (Å²) in [5.74, 6) is 4.32. The predicted molar refractivity (Wildman–Crippen MR) is 39.0 cm³/mol. The molecule has 0 saturated carbocycles. The SMILES string of the molecule is CSS.NNC(=O)O.[H-].[Na+]. The molecule has 0 rings (SSSR count). The number of amides is 1. The molecule has 0 aromatic heterocycles. The van der Waals surface area contributed by atoms with E-state index in [-0.39, 0.29) is 31.0 Å². The topological polar surface area (TPSA) is 75.3 Å². The predicted octanol–water partition coefficient (Wildman–Crippen LogP) is -2.56. The summed E-state index contributed by atoms with van der Waals surface area (Å²) in [7, 11) is 1.44. The van der Waals surface area contributed by atoms with Crippen molar-refractivity contribution in [3.63, 3.8) is 0 Å². The Morgan fingerprint density at radius 2 is 2.11 bits per heavy atom. The van der Waals surface area contributed by atoms with Gasteiger partial charge in [-0.15, -0.1) is 22.5 Å². The Labute approximate surface area is 86.5 Å². The van der Waals surface area contributed by atoms with Crippen LogP contribution in [0, 0.1) is 0 Å². The van der Waals surface area contributed by atoms with Gasteiger partial charge in [-0.25, -0.2) is 10.6 Å². The molecule has 0 aromatic rings. The van der Waals surface area contributed by atoms with Crippen LogP contribution in [0.2, 0.25) is 0 Å². The number of carboxylic acid groups (broad SMARTS) is 1. The monoisotopic (exact) mass is 180 g/mol. The molecule has 0 heterocycles. The maximum atomic E-state index is 9.13. The van der Waals surface area contributed by atoms with E-state index in [0.29, 0.717) is 0 Å². The number of hydrogen-bond donors (Lipinski definition) is 4. The fraction of sp³-hybridized carbons (Fsp3) is 0.500. The summed E-state index contributed by atoms with van der Waals surface area (Å²) in [5.41, 5.74) is 1.44. The van der Waals surface area contributed by atoms with Gasteiger partial charge >= 0.3 is 35.7 Å². The number of rotatable bonds is 0. The Balaban J connectivity index is -0.0000000326. The number of hydrogen-bond acceptors (Lipinski definition) is 4. The molecule has 0 fully saturated rings. The molecule has 9 heavy (non-hydrogen) atoms. The number of thiol groups is 1. The Morgan fingerprint density at radius 3 is 2.11 bits per heavy atom. The van der Waals surface area contributed by atoms with Crippen LogP contribution in [-0.2, 0) is 0 Å². The van der Waals surface area contributed by atoms with Crippen LogP contribution in [0.1, 0.15) is 1.43 Å². The van der Waals surface area contributed by atoms with Crippen molar-refractivity contribution < 1.29 is 40.9 Å². The summed E-state index contributed by atoms with van der Waals surface area (Å²) in [6, 6.07) is 0. The smallest absolute Gasteiger partial charge is 1.00 e. The van der Waals surface area contributed by atoms with Gasteiger partial charge in [0.1, 0.15) is 0 Å². The minimum Gasteiger partial charge on any atom is -1.00 e. The van der Waals surface area contributed by atoms with Crippen LogP contribution in [0.5, 0.6) is 0 Å². The second kappa shape index (κ2) is 16.0. The van der Waals surface area contributed by atoms with E-state index in [1.807, 2.05) is 6.26 Å². The van der Waals surface area contributed by atoms with Crippen molar-refractivity contribution >= 4 is 28.5 Å². The molecule has 4 N–H and O–H groups in total. The van der Waals surface area contributed by atoms with Crippen molar-refractivity contribution in [2.24, 2.45) is 5.84 Å². The average Bonchev–Trinajstić information content (AvgIpc) is 1.69. The van der Waals surface area contributed by atoms with Gasteiger partial charge in [0, 0.05) is 0 Å². The van der Waals surface area contributed by atoms with Crippen molar-refractivity contribution in [1.29, 1.82) is 0 Å². The first-order chi connectivity index (χ1) is 3.68. The molecule has 0 saturated heterocycles. The molecule has 1 amide bonds. The molecule has 0 aromatic carbocycles.